The number of rotatable bonds is 9. The van der Waals surface area contributed by atoms with E-state index >= 15 is 0 Å². The second kappa shape index (κ2) is 12.3. The van der Waals surface area contributed by atoms with Gasteiger partial charge in [-0.15, -0.1) is 24.0 Å². The van der Waals surface area contributed by atoms with Gasteiger partial charge in [0.2, 0.25) is 5.88 Å². The first kappa shape index (κ1) is 22.0. The van der Waals surface area contributed by atoms with E-state index in [0.29, 0.717) is 31.6 Å². The molecule has 0 radical (unpaired) electrons. The van der Waals surface area contributed by atoms with Crippen LogP contribution in [0, 0.1) is 0 Å². The third kappa shape index (κ3) is 7.47. The molecule has 0 spiro atoms. The van der Waals surface area contributed by atoms with Crippen molar-refractivity contribution in [2.24, 2.45) is 10.7 Å². The van der Waals surface area contributed by atoms with Gasteiger partial charge in [-0.3, -0.25) is 0 Å². The molecule has 1 heterocycles. The van der Waals surface area contributed by atoms with Crippen LogP contribution in [-0.4, -0.2) is 42.1 Å². The van der Waals surface area contributed by atoms with Crippen molar-refractivity contribution < 1.29 is 9.47 Å². The molecule has 6 nitrogen and oxygen atoms in total. The minimum atomic E-state index is 0. The van der Waals surface area contributed by atoms with Crippen molar-refractivity contribution in [2.45, 2.75) is 20.4 Å². The summed E-state index contributed by atoms with van der Waals surface area (Å²) < 4.78 is 11.1. The van der Waals surface area contributed by atoms with Crippen LogP contribution in [0.5, 0.6) is 11.6 Å². The predicted molar refractivity (Wildman–Crippen MR) is 115 cm³/mol. The molecule has 0 saturated carbocycles. The fourth-order valence-corrected chi connectivity index (χ4v) is 2.23. The Morgan fingerprint density at radius 1 is 1.04 bits per heavy atom. The monoisotopic (exact) mass is 470 g/mol. The Balaban J connectivity index is 0.00000338. The highest BCUT2D eigenvalue weighted by molar-refractivity contribution is 14.0. The van der Waals surface area contributed by atoms with Crippen molar-refractivity contribution >= 4 is 29.9 Å². The highest BCUT2D eigenvalue weighted by atomic mass is 127. The van der Waals surface area contributed by atoms with E-state index in [1.165, 1.54) is 0 Å². The highest BCUT2D eigenvalue weighted by Gasteiger charge is 2.02. The summed E-state index contributed by atoms with van der Waals surface area (Å²) in [5, 5.41) is 0. The molecule has 2 aromatic rings. The lowest BCUT2D eigenvalue weighted by Gasteiger charge is -2.19. The van der Waals surface area contributed by atoms with E-state index in [-0.39, 0.29) is 24.0 Å². The van der Waals surface area contributed by atoms with Crippen molar-refractivity contribution in [1.29, 1.82) is 0 Å². The van der Waals surface area contributed by atoms with Crippen LogP contribution >= 0.6 is 24.0 Å². The molecule has 0 aliphatic carbocycles. The molecule has 2 N–H and O–H groups in total. The molecule has 26 heavy (non-hydrogen) atoms. The van der Waals surface area contributed by atoms with Crippen LogP contribution in [0.2, 0.25) is 0 Å². The zero-order chi connectivity index (χ0) is 17.9. The number of halogens is 1. The molecule has 0 saturated heterocycles. The Morgan fingerprint density at radius 2 is 1.73 bits per heavy atom. The van der Waals surface area contributed by atoms with Gasteiger partial charge in [0.25, 0.3) is 0 Å². The quantitative estimate of drug-likeness (QED) is 0.264. The second-order valence-electron chi connectivity index (χ2n) is 5.36. The maximum Gasteiger partial charge on any atom is 0.213 e. The molecule has 0 bridgehead atoms. The van der Waals surface area contributed by atoms with E-state index in [9.17, 15) is 0 Å². The van der Waals surface area contributed by atoms with Crippen LogP contribution in [-0.2, 0) is 6.54 Å². The molecule has 0 amide bonds. The Morgan fingerprint density at radius 3 is 2.35 bits per heavy atom. The summed E-state index contributed by atoms with van der Waals surface area (Å²) in [6.07, 6.45) is 1.76. The largest absolute Gasteiger partial charge is 0.490 e. The smallest absolute Gasteiger partial charge is 0.213 e. The number of guanidine groups is 1. The number of aromatic nitrogens is 1. The van der Waals surface area contributed by atoms with E-state index in [2.05, 4.69) is 23.8 Å². The van der Waals surface area contributed by atoms with E-state index < -0.39 is 0 Å². The molecule has 1 aromatic heterocycles. The number of nitrogens with zero attached hydrogens (tertiary/aromatic N) is 3. The normalized spacial score (nSPS) is 10.8. The molecule has 0 aliphatic rings. The van der Waals surface area contributed by atoms with Crippen molar-refractivity contribution in [2.75, 3.05) is 26.3 Å². The molecular weight excluding hydrogens is 443 g/mol. The van der Waals surface area contributed by atoms with Gasteiger partial charge in [0, 0.05) is 25.4 Å². The molecule has 142 valence electrons. The summed E-state index contributed by atoms with van der Waals surface area (Å²) in [5.74, 6) is 1.96. The van der Waals surface area contributed by atoms with Gasteiger partial charge >= 0.3 is 0 Å². The number of hydrogen-bond donors (Lipinski definition) is 1. The molecule has 0 aliphatic heterocycles. The zero-order valence-electron chi connectivity index (χ0n) is 15.3. The van der Waals surface area contributed by atoms with Crippen LogP contribution in [0.3, 0.4) is 0 Å². The van der Waals surface area contributed by atoms with E-state index in [0.717, 1.165) is 24.4 Å². The molecular formula is C19H27IN4O2. The van der Waals surface area contributed by atoms with Crippen LogP contribution < -0.4 is 15.2 Å². The van der Waals surface area contributed by atoms with Crippen molar-refractivity contribution in [1.82, 2.24) is 9.88 Å². The van der Waals surface area contributed by atoms with E-state index in [1.807, 2.05) is 47.4 Å². The van der Waals surface area contributed by atoms with Crippen LogP contribution in [0.15, 0.2) is 53.7 Å². The van der Waals surface area contributed by atoms with Crippen molar-refractivity contribution in [3.8, 4) is 11.6 Å². The van der Waals surface area contributed by atoms with Gasteiger partial charge in [0.15, 0.2) is 5.96 Å². The minimum absolute atomic E-state index is 0. The molecule has 7 heteroatoms. The third-order valence-electron chi connectivity index (χ3n) is 3.65. The average Bonchev–Trinajstić information content (AvgIpc) is 2.66. The van der Waals surface area contributed by atoms with Gasteiger partial charge in [0.05, 0.1) is 6.54 Å². The number of nitrogens with two attached hydrogens (primary N) is 1. The lowest BCUT2D eigenvalue weighted by molar-refractivity contribution is 0.212. The summed E-state index contributed by atoms with van der Waals surface area (Å²) in [4.78, 5) is 10.7. The van der Waals surface area contributed by atoms with E-state index in [4.69, 9.17) is 15.2 Å². The van der Waals surface area contributed by atoms with Crippen LogP contribution in [0.4, 0.5) is 0 Å². The summed E-state index contributed by atoms with van der Waals surface area (Å²) in [5.41, 5.74) is 6.95. The molecule has 1 aromatic carbocycles. The standard InChI is InChI=1S/C19H26N4O2.HI/c1-3-23(4-2)19(20)22-15-16-10-11-18(21-14-16)25-13-12-24-17-8-6-5-7-9-17;/h5-11,14H,3-4,12-13,15H2,1-2H3,(H2,20,22);1H. The third-order valence-corrected chi connectivity index (χ3v) is 3.65. The number of para-hydroxylation sites is 1. The van der Waals surface area contributed by atoms with E-state index in [1.54, 1.807) is 6.20 Å². The van der Waals surface area contributed by atoms with Gasteiger partial charge in [-0.1, -0.05) is 24.3 Å². The fraction of sp³-hybridized carbons (Fsp3) is 0.368. The fourth-order valence-electron chi connectivity index (χ4n) is 2.23. The van der Waals surface area contributed by atoms with Crippen molar-refractivity contribution in [3.63, 3.8) is 0 Å². The number of ether oxygens (including phenoxy) is 2. The second-order valence-corrected chi connectivity index (χ2v) is 5.36. The maximum atomic E-state index is 5.96. The highest BCUT2D eigenvalue weighted by Crippen LogP contribution is 2.10. The first-order chi connectivity index (χ1) is 12.2. The van der Waals surface area contributed by atoms with Gasteiger partial charge in [-0.25, -0.2) is 9.98 Å². The lowest BCUT2D eigenvalue weighted by atomic mass is 10.3. The van der Waals surface area contributed by atoms with Gasteiger partial charge in [-0.2, -0.15) is 0 Å². The topological polar surface area (TPSA) is 73.0 Å². The van der Waals surface area contributed by atoms with Gasteiger partial charge < -0.3 is 20.1 Å². The molecule has 0 atom stereocenters. The van der Waals surface area contributed by atoms with Gasteiger partial charge in [0.1, 0.15) is 19.0 Å². The number of benzene rings is 1. The number of hydrogen-bond acceptors (Lipinski definition) is 4. The Bertz CT molecular complexity index is 646. The number of pyridine rings is 1. The Kier molecular flexibility index (Phi) is 10.5. The summed E-state index contributed by atoms with van der Waals surface area (Å²) >= 11 is 0. The maximum absolute atomic E-state index is 5.96. The zero-order valence-corrected chi connectivity index (χ0v) is 17.6. The molecule has 0 fully saturated rings. The van der Waals surface area contributed by atoms with Crippen LogP contribution in [0.25, 0.3) is 0 Å². The average molecular weight is 470 g/mol. The Hall–Kier alpha value is -2.03. The lowest BCUT2D eigenvalue weighted by Crippen LogP contribution is -2.37. The number of aliphatic imine (C=N–C) groups is 1. The first-order valence-electron chi connectivity index (χ1n) is 8.53. The predicted octanol–water partition coefficient (Wildman–Crippen LogP) is 3.31. The first-order valence-corrected chi connectivity index (χ1v) is 8.53. The Labute approximate surface area is 172 Å². The van der Waals surface area contributed by atoms with Crippen molar-refractivity contribution in [3.05, 3.63) is 54.2 Å². The van der Waals surface area contributed by atoms with Crippen LogP contribution in [0.1, 0.15) is 19.4 Å². The van der Waals surface area contributed by atoms with Gasteiger partial charge in [-0.05, 0) is 31.5 Å². The molecule has 0 unspecified atom stereocenters. The summed E-state index contributed by atoms with van der Waals surface area (Å²) in [7, 11) is 0. The summed E-state index contributed by atoms with van der Waals surface area (Å²) in [6, 6.07) is 13.4. The minimum Gasteiger partial charge on any atom is -0.490 e. The molecule has 2 rings (SSSR count). The SMILES string of the molecule is CCN(CC)C(N)=NCc1ccc(OCCOc2ccccc2)nc1.I. The summed E-state index contributed by atoms with van der Waals surface area (Å²) in [6.45, 7) is 7.23.